The van der Waals surface area contributed by atoms with Gasteiger partial charge in [-0.25, -0.2) is 0 Å². The standard InChI is InChI=1S/C29H40N2OS/c1-8-17-30-27(33)32-24-18-25(31-19-24)26(20-9-13-22(14-10-20)28(2,3)4)21-11-15-23(16-12-21)29(5,6)7/h8-16,24-26,31H,1,17-19H2,2-7H3,(H,30,33)/t24-,25?/m1/s1. The summed E-state index contributed by atoms with van der Waals surface area (Å²) in [5.74, 6) is 0.247. The van der Waals surface area contributed by atoms with Gasteiger partial charge in [-0.1, -0.05) is 96.1 Å². The second-order valence-corrected chi connectivity index (χ2v) is 11.5. The average Bonchev–Trinajstić information content (AvgIpc) is 3.19. The van der Waals surface area contributed by atoms with Crippen LogP contribution in [0.15, 0.2) is 61.2 Å². The summed E-state index contributed by atoms with van der Waals surface area (Å²) in [6.45, 7) is 18.7. The summed E-state index contributed by atoms with van der Waals surface area (Å²) in [6.07, 6.45) is 2.75. The summed E-state index contributed by atoms with van der Waals surface area (Å²) in [5, 5.41) is 7.24. The molecule has 2 atom stereocenters. The molecule has 1 heterocycles. The van der Waals surface area contributed by atoms with E-state index in [0.717, 1.165) is 13.0 Å². The van der Waals surface area contributed by atoms with Crippen LogP contribution in [0.3, 0.4) is 0 Å². The highest BCUT2D eigenvalue weighted by atomic mass is 32.1. The van der Waals surface area contributed by atoms with Gasteiger partial charge in [-0.3, -0.25) is 0 Å². The highest BCUT2D eigenvalue weighted by Crippen LogP contribution is 2.35. The number of rotatable bonds is 6. The molecule has 4 heteroatoms. The third-order valence-electron chi connectivity index (χ3n) is 6.46. The SMILES string of the molecule is C=CCNC(=S)O[C@H]1CNC(C(c2ccc(C(C)(C)C)cc2)c2ccc(C(C)(C)C)cc2)C1. The Hall–Kier alpha value is -2.17. The van der Waals surface area contributed by atoms with E-state index < -0.39 is 0 Å². The van der Waals surface area contributed by atoms with Crippen LogP contribution in [-0.2, 0) is 15.6 Å². The minimum absolute atomic E-state index is 0.0602. The van der Waals surface area contributed by atoms with Crippen molar-refractivity contribution in [2.24, 2.45) is 0 Å². The number of nitrogens with one attached hydrogen (secondary N) is 2. The van der Waals surface area contributed by atoms with Gasteiger partial charge in [0.2, 0.25) is 0 Å². The summed E-state index contributed by atoms with van der Waals surface area (Å²) in [4.78, 5) is 0. The van der Waals surface area contributed by atoms with Crippen LogP contribution < -0.4 is 10.6 Å². The maximum Gasteiger partial charge on any atom is 0.257 e. The first-order chi connectivity index (χ1) is 15.5. The molecule has 178 valence electrons. The predicted octanol–water partition coefficient (Wildman–Crippen LogP) is 6.22. The molecule has 0 radical (unpaired) electrons. The zero-order chi connectivity index (χ0) is 24.2. The van der Waals surface area contributed by atoms with Gasteiger partial charge in [-0.15, -0.1) is 6.58 Å². The van der Waals surface area contributed by atoms with E-state index in [2.05, 4.69) is 107 Å². The van der Waals surface area contributed by atoms with Gasteiger partial charge < -0.3 is 15.4 Å². The summed E-state index contributed by atoms with van der Waals surface area (Å²) in [7, 11) is 0. The molecular formula is C29H40N2OS. The van der Waals surface area contributed by atoms with Gasteiger partial charge in [0.1, 0.15) is 6.10 Å². The molecular weight excluding hydrogens is 424 g/mol. The molecule has 3 nitrogen and oxygen atoms in total. The summed E-state index contributed by atoms with van der Waals surface area (Å²) in [5.41, 5.74) is 5.65. The van der Waals surface area contributed by atoms with Crippen LogP contribution in [0.4, 0.5) is 0 Å². The number of hydrogen-bond acceptors (Lipinski definition) is 3. The second-order valence-electron chi connectivity index (χ2n) is 11.2. The largest absolute Gasteiger partial charge is 0.466 e. The highest BCUT2D eigenvalue weighted by molar-refractivity contribution is 7.80. The van der Waals surface area contributed by atoms with Crippen LogP contribution in [0.5, 0.6) is 0 Å². The Morgan fingerprint density at radius 1 is 1.00 bits per heavy atom. The molecule has 1 unspecified atom stereocenters. The first kappa shape index (κ1) is 25.5. The molecule has 2 N–H and O–H groups in total. The molecule has 2 aromatic rings. The van der Waals surface area contributed by atoms with Crippen molar-refractivity contribution in [3.63, 3.8) is 0 Å². The van der Waals surface area contributed by atoms with Gasteiger partial charge in [0.05, 0.1) is 0 Å². The maximum absolute atomic E-state index is 6.00. The molecule has 1 aliphatic rings. The van der Waals surface area contributed by atoms with Crippen LogP contribution >= 0.6 is 12.2 Å². The van der Waals surface area contributed by atoms with Crippen molar-refractivity contribution in [3.8, 4) is 0 Å². The van der Waals surface area contributed by atoms with Gasteiger partial charge in [0.25, 0.3) is 5.17 Å². The maximum atomic E-state index is 6.00. The topological polar surface area (TPSA) is 33.3 Å². The van der Waals surface area contributed by atoms with E-state index in [1.807, 2.05) is 0 Å². The third-order valence-corrected chi connectivity index (χ3v) is 6.70. The van der Waals surface area contributed by atoms with Crippen molar-refractivity contribution in [3.05, 3.63) is 83.4 Å². The van der Waals surface area contributed by atoms with Gasteiger partial charge >= 0.3 is 0 Å². The zero-order valence-electron chi connectivity index (χ0n) is 21.1. The molecule has 2 aromatic carbocycles. The van der Waals surface area contributed by atoms with Crippen molar-refractivity contribution < 1.29 is 4.74 Å². The monoisotopic (exact) mass is 464 g/mol. The zero-order valence-corrected chi connectivity index (χ0v) is 21.9. The van der Waals surface area contributed by atoms with Crippen molar-refractivity contribution in [2.45, 2.75) is 76.9 Å². The lowest BCUT2D eigenvalue weighted by atomic mass is 9.80. The van der Waals surface area contributed by atoms with E-state index in [1.54, 1.807) is 6.08 Å². The first-order valence-corrected chi connectivity index (χ1v) is 12.4. The van der Waals surface area contributed by atoms with Gasteiger partial charge in [-0.2, -0.15) is 0 Å². The Balaban J connectivity index is 1.86. The Morgan fingerprint density at radius 3 is 1.91 bits per heavy atom. The molecule has 0 saturated carbocycles. The number of ether oxygens (including phenoxy) is 1. The quantitative estimate of drug-likeness (QED) is 0.393. The first-order valence-electron chi connectivity index (χ1n) is 12.0. The smallest absolute Gasteiger partial charge is 0.257 e. The number of benzene rings is 2. The van der Waals surface area contributed by atoms with Gasteiger partial charge in [-0.05, 0) is 45.3 Å². The molecule has 33 heavy (non-hydrogen) atoms. The molecule has 0 amide bonds. The van der Waals surface area contributed by atoms with E-state index in [9.17, 15) is 0 Å². The second kappa shape index (κ2) is 10.4. The predicted molar refractivity (Wildman–Crippen MR) is 144 cm³/mol. The lowest BCUT2D eigenvalue weighted by molar-refractivity contribution is 0.202. The highest BCUT2D eigenvalue weighted by Gasteiger charge is 2.34. The summed E-state index contributed by atoms with van der Waals surface area (Å²) in [6, 6.07) is 18.6. The Morgan fingerprint density at radius 2 is 1.48 bits per heavy atom. The van der Waals surface area contributed by atoms with Crippen LogP contribution in [0, 0.1) is 0 Å². The van der Waals surface area contributed by atoms with Crippen molar-refractivity contribution >= 4 is 17.4 Å². The van der Waals surface area contributed by atoms with E-state index in [4.69, 9.17) is 17.0 Å². The molecule has 1 aliphatic heterocycles. The normalized spacial score (nSPS) is 18.9. The number of hydrogen-bond donors (Lipinski definition) is 2. The molecule has 0 aliphatic carbocycles. The minimum Gasteiger partial charge on any atom is -0.466 e. The molecule has 1 fully saturated rings. The van der Waals surface area contributed by atoms with Crippen LogP contribution in [0.1, 0.15) is 76.1 Å². The fourth-order valence-corrected chi connectivity index (χ4v) is 4.68. The summed E-state index contributed by atoms with van der Waals surface area (Å²) < 4.78 is 6.00. The lowest BCUT2D eigenvalue weighted by Crippen LogP contribution is -2.30. The molecule has 0 bridgehead atoms. The lowest BCUT2D eigenvalue weighted by Gasteiger charge is -2.27. The number of thiocarbonyl (C=S) groups is 1. The van der Waals surface area contributed by atoms with Crippen LogP contribution in [0.2, 0.25) is 0 Å². The van der Waals surface area contributed by atoms with Crippen molar-refractivity contribution in [2.75, 3.05) is 13.1 Å². The Labute approximate surface area is 206 Å². The van der Waals surface area contributed by atoms with E-state index in [0.29, 0.717) is 11.7 Å². The van der Waals surface area contributed by atoms with E-state index in [1.165, 1.54) is 22.3 Å². The fourth-order valence-electron chi connectivity index (χ4n) is 4.46. The van der Waals surface area contributed by atoms with Gasteiger partial charge in [0, 0.05) is 31.5 Å². The van der Waals surface area contributed by atoms with Crippen molar-refractivity contribution in [1.82, 2.24) is 10.6 Å². The third kappa shape index (κ3) is 6.68. The van der Waals surface area contributed by atoms with Crippen molar-refractivity contribution in [1.29, 1.82) is 0 Å². The van der Waals surface area contributed by atoms with Crippen LogP contribution in [0.25, 0.3) is 0 Å². The molecule has 1 saturated heterocycles. The fraction of sp³-hybridized carbons (Fsp3) is 0.483. The molecule has 0 aromatic heterocycles. The van der Waals surface area contributed by atoms with Crippen LogP contribution in [-0.4, -0.2) is 30.4 Å². The van der Waals surface area contributed by atoms with Gasteiger partial charge in [0.15, 0.2) is 0 Å². The van der Waals surface area contributed by atoms with E-state index >= 15 is 0 Å². The molecule has 3 rings (SSSR count). The summed E-state index contributed by atoms with van der Waals surface area (Å²) >= 11 is 5.34. The average molecular weight is 465 g/mol. The Kier molecular flexibility index (Phi) is 8.02. The Bertz CT molecular complexity index is 878. The van der Waals surface area contributed by atoms with E-state index in [-0.39, 0.29) is 28.9 Å². The minimum atomic E-state index is 0.0602. The molecule has 0 spiro atoms.